The molecule has 0 saturated heterocycles. The lowest BCUT2D eigenvalue weighted by atomic mass is 10.6. The molecule has 0 radical (unpaired) electrons. The highest BCUT2D eigenvalue weighted by molar-refractivity contribution is 6.79. The van der Waals surface area contributed by atoms with Gasteiger partial charge in [0.2, 0.25) is 0 Å². The maximum atomic E-state index is 6.45. The van der Waals surface area contributed by atoms with Gasteiger partial charge in [0.1, 0.15) is 13.4 Å². The molecule has 0 saturated carbocycles. The molecule has 0 bridgehead atoms. The van der Waals surface area contributed by atoms with Crippen molar-refractivity contribution in [2.45, 2.75) is 44.7 Å². The van der Waals surface area contributed by atoms with Gasteiger partial charge in [-0.15, -0.1) is 0 Å². The topological polar surface area (TPSA) is 68.2 Å². The van der Waals surface area contributed by atoms with E-state index in [9.17, 15) is 0 Å². The monoisotopic (exact) mass is 281 g/mol. The highest BCUT2D eigenvalue weighted by atomic mass is 28.3. The second kappa shape index (κ2) is 3.78. The SMILES string of the molecule is C[Si](C)(C)n1cnc2c1=NC(N)([Si](C)(C)C)NC=2. The molecule has 0 aliphatic carbocycles. The quantitative estimate of drug-likeness (QED) is 0.751. The minimum absolute atomic E-state index is 0.641. The Morgan fingerprint density at radius 3 is 2.33 bits per heavy atom. The minimum Gasteiger partial charge on any atom is -0.357 e. The molecule has 5 nitrogen and oxygen atoms in total. The molecule has 0 amide bonds. The van der Waals surface area contributed by atoms with Crippen molar-refractivity contribution in [3.63, 3.8) is 0 Å². The lowest BCUT2D eigenvalue weighted by molar-refractivity contribution is 0.524. The first-order valence-corrected chi connectivity index (χ1v) is 13.2. The fraction of sp³-hybridized carbons (Fsp3) is 0.636. The zero-order valence-corrected chi connectivity index (χ0v) is 14.1. The average Bonchev–Trinajstić information content (AvgIpc) is 2.57. The van der Waals surface area contributed by atoms with E-state index in [1.54, 1.807) is 0 Å². The van der Waals surface area contributed by atoms with Crippen LogP contribution in [0.1, 0.15) is 0 Å². The molecular weight excluding hydrogens is 258 g/mol. The lowest BCUT2D eigenvalue weighted by Gasteiger charge is -2.38. The van der Waals surface area contributed by atoms with Gasteiger partial charge in [0.05, 0.1) is 6.33 Å². The maximum absolute atomic E-state index is 6.45. The van der Waals surface area contributed by atoms with Gasteiger partial charge >= 0.3 is 0 Å². The molecule has 2 heterocycles. The van der Waals surface area contributed by atoms with Crippen LogP contribution in [0.15, 0.2) is 11.3 Å². The molecule has 2 rings (SSSR count). The average molecular weight is 282 g/mol. The predicted octanol–water partition coefficient (Wildman–Crippen LogP) is 0.0168. The molecule has 1 atom stereocenters. The summed E-state index contributed by atoms with van der Waals surface area (Å²) in [5, 5.41) is 4.14. The zero-order valence-electron chi connectivity index (χ0n) is 12.1. The van der Waals surface area contributed by atoms with Crippen molar-refractivity contribution in [3.05, 3.63) is 17.2 Å². The van der Waals surface area contributed by atoms with E-state index in [0.29, 0.717) is 0 Å². The first-order chi connectivity index (χ1) is 8.05. The van der Waals surface area contributed by atoms with Crippen molar-refractivity contribution in [1.29, 1.82) is 0 Å². The molecule has 1 aromatic heterocycles. The van der Waals surface area contributed by atoms with Crippen LogP contribution in [0.5, 0.6) is 0 Å². The second-order valence-electron chi connectivity index (χ2n) is 6.91. The van der Waals surface area contributed by atoms with Crippen molar-refractivity contribution in [3.8, 4) is 0 Å². The first kappa shape index (κ1) is 13.5. The molecular formula is C11H23N5Si2. The van der Waals surface area contributed by atoms with Crippen molar-refractivity contribution in [1.82, 2.24) is 14.5 Å². The van der Waals surface area contributed by atoms with E-state index in [0.717, 1.165) is 10.8 Å². The van der Waals surface area contributed by atoms with Crippen LogP contribution in [0.2, 0.25) is 39.3 Å². The lowest BCUT2D eigenvalue weighted by Crippen LogP contribution is -2.69. The number of nitrogens with two attached hydrogens (primary N) is 1. The predicted molar refractivity (Wildman–Crippen MR) is 79.6 cm³/mol. The van der Waals surface area contributed by atoms with Gasteiger partial charge in [-0.25, -0.2) is 9.98 Å². The normalized spacial score (nSPS) is 23.7. The Morgan fingerprint density at radius 2 is 1.83 bits per heavy atom. The summed E-state index contributed by atoms with van der Waals surface area (Å²) in [4.78, 5) is 9.22. The smallest absolute Gasteiger partial charge is 0.165 e. The fourth-order valence-electron chi connectivity index (χ4n) is 1.82. The van der Waals surface area contributed by atoms with Gasteiger partial charge in [-0.1, -0.05) is 39.3 Å². The number of hydrogen-bond donors (Lipinski definition) is 2. The van der Waals surface area contributed by atoms with Crippen LogP contribution >= 0.6 is 0 Å². The van der Waals surface area contributed by atoms with Gasteiger partial charge in [0.15, 0.2) is 19.1 Å². The van der Waals surface area contributed by atoms with E-state index in [2.05, 4.69) is 53.8 Å². The standard InChI is InChI=1S/C11H23N5Si2/c1-17(2,3)11(12)14-7-9-10(15-11)16(8-13-9)18(4,5)6/h7-8,14H,12H2,1-6H3. The highest BCUT2D eigenvalue weighted by Crippen LogP contribution is 2.17. The van der Waals surface area contributed by atoms with Crippen LogP contribution in [0.4, 0.5) is 0 Å². The van der Waals surface area contributed by atoms with Crippen LogP contribution < -0.4 is 21.9 Å². The molecule has 0 aromatic carbocycles. The van der Waals surface area contributed by atoms with E-state index < -0.39 is 21.7 Å². The summed E-state index contributed by atoms with van der Waals surface area (Å²) < 4.78 is 2.22. The van der Waals surface area contributed by atoms with Gasteiger partial charge in [-0.05, 0) is 0 Å². The van der Waals surface area contributed by atoms with Crippen LogP contribution in [0.3, 0.4) is 0 Å². The molecule has 1 unspecified atom stereocenters. The third-order valence-corrected chi connectivity index (χ3v) is 7.66. The second-order valence-corrected chi connectivity index (χ2v) is 17.0. The van der Waals surface area contributed by atoms with E-state index in [1.807, 2.05) is 12.5 Å². The Balaban J connectivity index is 2.68. The van der Waals surface area contributed by atoms with Crippen molar-refractivity contribution < 1.29 is 0 Å². The number of hydrogen-bond acceptors (Lipinski definition) is 4. The van der Waals surface area contributed by atoms with Crippen LogP contribution in [-0.4, -0.2) is 30.9 Å². The molecule has 18 heavy (non-hydrogen) atoms. The summed E-state index contributed by atoms with van der Waals surface area (Å²) in [6.45, 7) is 13.5. The first-order valence-electron chi connectivity index (χ1n) is 6.25. The molecule has 1 aliphatic heterocycles. The summed E-state index contributed by atoms with van der Waals surface area (Å²) in [5.74, 6) is 0. The Bertz CT molecular complexity index is 578. The summed E-state index contributed by atoms with van der Waals surface area (Å²) in [6.07, 6.45) is 3.81. The molecule has 1 aromatic rings. The van der Waals surface area contributed by atoms with Crippen molar-refractivity contribution >= 4 is 22.5 Å². The maximum Gasteiger partial charge on any atom is 0.165 e. The number of aromatic nitrogens is 2. The van der Waals surface area contributed by atoms with E-state index >= 15 is 0 Å². The van der Waals surface area contributed by atoms with Crippen LogP contribution in [0, 0.1) is 0 Å². The van der Waals surface area contributed by atoms with E-state index in [4.69, 9.17) is 10.7 Å². The summed E-state index contributed by atoms with van der Waals surface area (Å²) >= 11 is 0. The van der Waals surface area contributed by atoms with E-state index in [-0.39, 0.29) is 0 Å². The minimum atomic E-state index is -1.66. The third kappa shape index (κ3) is 2.06. The zero-order chi connectivity index (χ0) is 13.8. The van der Waals surface area contributed by atoms with Gasteiger partial charge in [-0.2, -0.15) is 0 Å². The van der Waals surface area contributed by atoms with Gasteiger partial charge < -0.3 is 9.55 Å². The highest BCUT2D eigenvalue weighted by Gasteiger charge is 2.41. The third-order valence-electron chi connectivity index (χ3n) is 3.35. The van der Waals surface area contributed by atoms with Gasteiger partial charge in [-0.3, -0.25) is 5.73 Å². The Morgan fingerprint density at radius 1 is 1.22 bits per heavy atom. The number of imidazole rings is 1. The van der Waals surface area contributed by atoms with E-state index in [1.165, 1.54) is 0 Å². The summed E-state index contributed by atoms with van der Waals surface area (Å²) in [6, 6.07) is 0. The van der Waals surface area contributed by atoms with Gasteiger partial charge in [0.25, 0.3) is 0 Å². The Hall–Kier alpha value is -0.926. The molecule has 0 spiro atoms. The number of fused-ring (bicyclic) bond motifs is 1. The molecule has 0 fully saturated rings. The van der Waals surface area contributed by atoms with Crippen molar-refractivity contribution in [2.24, 2.45) is 10.7 Å². The molecule has 3 N–H and O–H groups in total. The van der Waals surface area contributed by atoms with Crippen LogP contribution in [0.25, 0.3) is 6.20 Å². The van der Waals surface area contributed by atoms with Gasteiger partial charge in [0, 0.05) is 6.20 Å². The molecule has 1 aliphatic rings. The summed E-state index contributed by atoms with van der Waals surface area (Å²) in [7, 11) is -3.17. The Kier molecular flexibility index (Phi) is 2.84. The number of nitrogens with zero attached hydrogens (tertiary/aromatic N) is 3. The van der Waals surface area contributed by atoms with Crippen LogP contribution in [-0.2, 0) is 0 Å². The number of nitrogens with one attached hydrogen (secondary N) is 1. The summed E-state index contributed by atoms with van der Waals surface area (Å²) in [5.41, 5.74) is 6.75. The number of rotatable bonds is 2. The largest absolute Gasteiger partial charge is 0.357 e. The fourth-order valence-corrected chi connectivity index (χ4v) is 3.97. The molecule has 7 heteroatoms. The van der Waals surface area contributed by atoms with Crippen molar-refractivity contribution in [2.75, 3.05) is 0 Å². The Labute approximate surface area is 110 Å². The molecule has 100 valence electrons.